The standard InChI is InChI=1S/C21H23N5O/c1-3-20(27)25-19-6-4-5-16-17(11-22-12-18(16)19)14-7-9-15(10-8-14)21-23-13-24-26(21)2/h7-13,19H,3-6H2,1-2H3,(H,25,27)/t19-/m1/s1. The number of aromatic nitrogens is 4. The van der Waals surface area contributed by atoms with Crippen molar-refractivity contribution >= 4 is 5.91 Å². The van der Waals surface area contributed by atoms with Crippen LogP contribution in [0.3, 0.4) is 0 Å². The number of fused-ring (bicyclic) bond motifs is 1. The van der Waals surface area contributed by atoms with Gasteiger partial charge in [-0.15, -0.1) is 0 Å². The quantitative estimate of drug-likeness (QED) is 0.772. The summed E-state index contributed by atoms with van der Waals surface area (Å²) in [6, 6.07) is 8.41. The lowest BCUT2D eigenvalue weighted by molar-refractivity contribution is -0.121. The first-order valence-electron chi connectivity index (χ1n) is 9.38. The van der Waals surface area contributed by atoms with Crippen LogP contribution < -0.4 is 5.32 Å². The molecule has 0 fully saturated rings. The molecule has 1 aliphatic carbocycles. The van der Waals surface area contributed by atoms with Crippen molar-refractivity contribution in [3.8, 4) is 22.5 Å². The fourth-order valence-corrected chi connectivity index (χ4v) is 3.77. The molecule has 27 heavy (non-hydrogen) atoms. The smallest absolute Gasteiger partial charge is 0.220 e. The molecule has 138 valence electrons. The van der Waals surface area contributed by atoms with Crippen LogP contribution in [0.5, 0.6) is 0 Å². The maximum atomic E-state index is 11.9. The highest BCUT2D eigenvalue weighted by atomic mass is 16.1. The van der Waals surface area contributed by atoms with Gasteiger partial charge < -0.3 is 5.32 Å². The van der Waals surface area contributed by atoms with Gasteiger partial charge >= 0.3 is 0 Å². The number of benzene rings is 1. The summed E-state index contributed by atoms with van der Waals surface area (Å²) in [7, 11) is 1.89. The van der Waals surface area contributed by atoms with E-state index in [9.17, 15) is 4.79 Å². The molecular formula is C21H23N5O. The Morgan fingerprint density at radius 3 is 2.70 bits per heavy atom. The third-order valence-electron chi connectivity index (χ3n) is 5.21. The van der Waals surface area contributed by atoms with E-state index in [2.05, 4.69) is 44.6 Å². The number of nitrogens with one attached hydrogen (secondary N) is 1. The first-order chi connectivity index (χ1) is 13.2. The van der Waals surface area contributed by atoms with Crippen LogP contribution in [-0.2, 0) is 18.3 Å². The van der Waals surface area contributed by atoms with E-state index in [0.717, 1.165) is 47.3 Å². The van der Waals surface area contributed by atoms with Crippen molar-refractivity contribution in [1.29, 1.82) is 0 Å². The maximum Gasteiger partial charge on any atom is 0.220 e. The third-order valence-corrected chi connectivity index (χ3v) is 5.21. The van der Waals surface area contributed by atoms with E-state index < -0.39 is 0 Å². The van der Waals surface area contributed by atoms with Gasteiger partial charge in [-0.05, 0) is 36.0 Å². The number of carbonyl (C=O) groups is 1. The topological polar surface area (TPSA) is 72.7 Å². The van der Waals surface area contributed by atoms with Gasteiger partial charge in [-0.2, -0.15) is 5.10 Å². The highest BCUT2D eigenvalue weighted by molar-refractivity contribution is 5.77. The zero-order chi connectivity index (χ0) is 18.8. The number of hydrogen-bond acceptors (Lipinski definition) is 4. The van der Waals surface area contributed by atoms with Gasteiger partial charge in [0.1, 0.15) is 6.33 Å². The number of pyridine rings is 1. The Labute approximate surface area is 158 Å². The number of hydrogen-bond donors (Lipinski definition) is 1. The van der Waals surface area contributed by atoms with E-state index in [0.29, 0.717) is 6.42 Å². The van der Waals surface area contributed by atoms with Gasteiger partial charge in [0.15, 0.2) is 5.82 Å². The number of carbonyl (C=O) groups excluding carboxylic acids is 1. The lowest BCUT2D eigenvalue weighted by Crippen LogP contribution is -2.30. The van der Waals surface area contributed by atoms with E-state index in [1.807, 2.05) is 26.4 Å². The van der Waals surface area contributed by atoms with Crippen molar-refractivity contribution in [3.63, 3.8) is 0 Å². The van der Waals surface area contributed by atoms with Crippen molar-refractivity contribution in [1.82, 2.24) is 25.1 Å². The summed E-state index contributed by atoms with van der Waals surface area (Å²) in [6.07, 6.45) is 8.95. The number of nitrogens with zero attached hydrogens (tertiary/aromatic N) is 4. The predicted octanol–water partition coefficient (Wildman–Crippen LogP) is 3.45. The Bertz CT molecular complexity index is 961. The molecule has 0 bridgehead atoms. The van der Waals surface area contributed by atoms with Gasteiger partial charge in [0.2, 0.25) is 5.91 Å². The molecule has 6 nitrogen and oxygen atoms in total. The minimum Gasteiger partial charge on any atom is -0.349 e. The van der Waals surface area contributed by atoms with Gasteiger partial charge in [-0.1, -0.05) is 31.2 Å². The van der Waals surface area contributed by atoms with Gasteiger partial charge in [0.25, 0.3) is 0 Å². The van der Waals surface area contributed by atoms with Crippen molar-refractivity contribution in [2.24, 2.45) is 7.05 Å². The molecule has 6 heteroatoms. The molecular weight excluding hydrogens is 338 g/mol. The molecule has 0 aliphatic heterocycles. The Morgan fingerprint density at radius 2 is 2.00 bits per heavy atom. The molecule has 1 N–H and O–H groups in total. The van der Waals surface area contributed by atoms with Gasteiger partial charge in [-0.3, -0.25) is 9.78 Å². The normalized spacial score (nSPS) is 16.0. The molecule has 4 rings (SSSR count). The zero-order valence-corrected chi connectivity index (χ0v) is 15.6. The van der Waals surface area contributed by atoms with Gasteiger partial charge in [0, 0.05) is 37.0 Å². The monoisotopic (exact) mass is 361 g/mol. The number of aryl methyl sites for hydroxylation is 1. The molecule has 0 unspecified atom stereocenters. The molecule has 1 aliphatic rings. The van der Waals surface area contributed by atoms with Crippen LogP contribution in [0.4, 0.5) is 0 Å². The van der Waals surface area contributed by atoms with Crippen molar-refractivity contribution < 1.29 is 4.79 Å². The van der Waals surface area contributed by atoms with Crippen molar-refractivity contribution in [3.05, 3.63) is 54.1 Å². The van der Waals surface area contributed by atoms with Crippen molar-refractivity contribution in [2.75, 3.05) is 0 Å². The fourth-order valence-electron chi connectivity index (χ4n) is 3.77. The second-order valence-electron chi connectivity index (χ2n) is 6.91. The van der Waals surface area contributed by atoms with Crippen LogP contribution in [-0.4, -0.2) is 25.7 Å². The van der Waals surface area contributed by atoms with Crippen LogP contribution >= 0.6 is 0 Å². The maximum absolute atomic E-state index is 11.9. The van der Waals surface area contributed by atoms with E-state index in [1.165, 1.54) is 5.56 Å². The summed E-state index contributed by atoms with van der Waals surface area (Å²) in [5.74, 6) is 0.934. The average molecular weight is 361 g/mol. The average Bonchev–Trinajstić information content (AvgIpc) is 3.14. The van der Waals surface area contributed by atoms with E-state index >= 15 is 0 Å². The summed E-state index contributed by atoms with van der Waals surface area (Å²) < 4.78 is 1.77. The highest BCUT2D eigenvalue weighted by Crippen LogP contribution is 2.36. The second-order valence-corrected chi connectivity index (χ2v) is 6.91. The van der Waals surface area contributed by atoms with Crippen LogP contribution in [0.25, 0.3) is 22.5 Å². The molecule has 0 saturated heterocycles. The van der Waals surface area contributed by atoms with E-state index in [-0.39, 0.29) is 11.9 Å². The van der Waals surface area contributed by atoms with Gasteiger partial charge in [-0.25, -0.2) is 9.67 Å². The van der Waals surface area contributed by atoms with E-state index in [4.69, 9.17) is 0 Å². The van der Waals surface area contributed by atoms with Gasteiger partial charge in [0.05, 0.1) is 6.04 Å². The number of amides is 1. The summed E-state index contributed by atoms with van der Waals surface area (Å²) in [6.45, 7) is 1.88. The molecule has 2 heterocycles. The Morgan fingerprint density at radius 1 is 1.22 bits per heavy atom. The summed E-state index contributed by atoms with van der Waals surface area (Å²) in [4.78, 5) is 20.6. The lowest BCUT2D eigenvalue weighted by Gasteiger charge is -2.27. The molecule has 0 saturated carbocycles. The first kappa shape index (κ1) is 17.4. The predicted molar refractivity (Wildman–Crippen MR) is 104 cm³/mol. The van der Waals surface area contributed by atoms with Crippen LogP contribution in [0.2, 0.25) is 0 Å². The first-order valence-corrected chi connectivity index (χ1v) is 9.38. The molecule has 1 aromatic carbocycles. The Hall–Kier alpha value is -3.02. The summed E-state index contributed by atoms with van der Waals surface area (Å²) in [5.41, 5.74) is 5.76. The zero-order valence-electron chi connectivity index (χ0n) is 15.6. The molecule has 2 aromatic heterocycles. The molecule has 1 amide bonds. The summed E-state index contributed by atoms with van der Waals surface area (Å²) >= 11 is 0. The third kappa shape index (κ3) is 3.35. The lowest BCUT2D eigenvalue weighted by atomic mass is 9.84. The largest absolute Gasteiger partial charge is 0.349 e. The molecule has 1 atom stereocenters. The van der Waals surface area contributed by atoms with Crippen molar-refractivity contribution in [2.45, 2.75) is 38.6 Å². The highest BCUT2D eigenvalue weighted by Gasteiger charge is 2.24. The molecule has 3 aromatic rings. The van der Waals surface area contributed by atoms with Crippen LogP contribution in [0.1, 0.15) is 43.4 Å². The number of rotatable bonds is 4. The fraction of sp³-hybridized carbons (Fsp3) is 0.333. The van der Waals surface area contributed by atoms with E-state index in [1.54, 1.807) is 11.0 Å². The molecule has 0 radical (unpaired) electrons. The van der Waals surface area contributed by atoms with Crippen LogP contribution in [0, 0.1) is 0 Å². The second kappa shape index (κ2) is 7.31. The van der Waals surface area contributed by atoms with Crippen LogP contribution in [0.15, 0.2) is 43.0 Å². The Balaban J connectivity index is 1.68. The molecule has 0 spiro atoms. The minimum atomic E-state index is 0.0616. The SMILES string of the molecule is CCC(=O)N[C@@H]1CCCc2c(-c3ccc(-c4ncnn4C)cc3)cncc21. The minimum absolute atomic E-state index is 0.0616. The Kier molecular flexibility index (Phi) is 4.71. The summed E-state index contributed by atoms with van der Waals surface area (Å²) in [5, 5.41) is 7.27.